The maximum absolute atomic E-state index is 14.3. The molecule has 11 heteroatoms. The quantitative estimate of drug-likeness (QED) is 0.124. The predicted molar refractivity (Wildman–Crippen MR) is 280 cm³/mol. The molecule has 1 N–H and O–H groups in total. The van der Waals surface area contributed by atoms with Crippen LogP contribution in [0.1, 0.15) is 63.9 Å². The van der Waals surface area contributed by atoms with Crippen molar-refractivity contribution < 1.29 is 23.8 Å². The summed E-state index contributed by atoms with van der Waals surface area (Å²) in [4.78, 5) is 39.2. The summed E-state index contributed by atoms with van der Waals surface area (Å²) in [7, 11) is 4.92. The Morgan fingerprint density at radius 3 is 1.52 bits per heavy atom. The van der Waals surface area contributed by atoms with E-state index in [0.717, 1.165) is 86.1 Å². The van der Waals surface area contributed by atoms with Crippen LogP contribution < -0.4 is 24.4 Å². The number of rotatable bonds is 13. The number of methoxy groups -OCH3 is 3. The Labute approximate surface area is 414 Å². The lowest BCUT2D eigenvalue weighted by molar-refractivity contribution is -0.120. The molecule has 2 amide bonds. The van der Waals surface area contributed by atoms with Gasteiger partial charge >= 0.3 is 0 Å². The number of ether oxygens (including phenoxy) is 3. The molecule has 0 bridgehead atoms. The Hall–Kier alpha value is -7.20. The van der Waals surface area contributed by atoms with Crippen LogP contribution in [0.2, 0.25) is 10.0 Å². The average molecular weight is 958 g/mol. The van der Waals surface area contributed by atoms with E-state index in [4.69, 9.17) is 47.4 Å². The second kappa shape index (κ2) is 22.3. The van der Waals surface area contributed by atoms with Crippen LogP contribution in [0.4, 0.5) is 11.4 Å². The lowest BCUT2D eigenvalue weighted by Gasteiger charge is -2.26. The van der Waals surface area contributed by atoms with E-state index in [-0.39, 0.29) is 11.8 Å². The molecular weight excluding hydrogens is 904 g/mol. The fourth-order valence-corrected chi connectivity index (χ4v) is 8.88. The molecule has 7 aromatic carbocycles. The van der Waals surface area contributed by atoms with Crippen molar-refractivity contribution in [3.63, 3.8) is 0 Å². The van der Waals surface area contributed by atoms with Crippen molar-refractivity contribution >= 4 is 57.8 Å². The molecule has 0 aliphatic carbocycles. The molecule has 0 radical (unpaired) electrons. The Kier molecular flexibility index (Phi) is 15.6. The summed E-state index contributed by atoms with van der Waals surface area (Å²) in [5.41, 5.74) is 12.0. The highest BCUT2D eigenvalue weighted by molar-refractivity contribution is 6.32. The molecule has 2 aliphatic heterocycles. The number of fused-ring (bicyclic) bond motifs is 2. The van der Waals surface area contributed by atoms with Crippen molar-refractivity contribution in [1.82, 2.24) is 0 Å². The molecule has 0 fully saturated rings. The number of benzene rings is 7. The summed E-state index contributed by atoms with van der Waals surface area (Å²) in [6, 6.07) is 49.9. The van der Waals surface area contributed by atoms with Gasteiger partial charge in [-0.2, -0.15) is 0 Å². The molecule has 2 unspecified atom stereocenters. The standard InChI is InChI=1S/C33H31ClN2O3.C25H23ClN2O2/c1-4-22-6-5-7-24(18-22)19-30-33(37)36(21-23-8-13-27(38-2)14-9-23)31-17-12-26(34)20-29(31)32(35-30)25-10-15-28(39-3)16-11-25;1-3-16-5-4-6-17(13-16)14-23-25(29)28-22-12-9-19(26)15-21(22)24(27-23)18-7-10-20(30-2)11-8-18/h5-18,20,30H,4,19,21H2,1-3H3;4-13,15,23H,3,14H2,1-2H3,(H,28,29). The molecule has 2 aliphatic rings. The normalized spacial score (nSPS) is 15.2. The summed E-state index contributed by atoms with van der Waals surface area (Å²) in [6.07, 6.45) is 2.91. The van der Waals surface area contributed by atoms with Crippen LogP contribution in [0.3, 0.4) is 0 Å². The lowest BCUT2D eigenvalue weighted by atomic mass is 9.99. The van der Waals surface area contributed by atoms with Gasteiger partial charge in [0.15, 0.2) is 0 Å². The third kappa shape index (κ3) is 11.6. The third-order valence-electron chi connectivity index (χ3n) is 12.3. The number of carbonyl (C=O) groups excluding carboxylic acids is 2. The van der Waals surface area contributed by atoms with Gasteiger partial charge < -0.3 is 24.4 Å². The number of amides is 2. The van der Waals surface area contributed by atoms with Crippen molar-refractivity contribution in [2.75, 3.05) is 31.5 Å². The molecule has 0 aromatic heterocycles. The zero-order valence-corrected chi connectivity index (χ0v) is 40.9. The van der Waals surface area contributed by atoms with Gasteiger partial charge in [0.1, 0.15) is 29.3 Å². The van der Waals surface area contributed by atoms with Gasteiger partial charge in [-0.15, -0.1) is 0 Å². The number of anilines is 2. The van der Waals surface area contributed by atoms with Gasteiger partial charge in [0, 0.05) is 45.1 Å². The number of hydrogen-bond acceptors (Lipinski definition) is 7. The monoisotopic (exact) mass is 956 g/mol. The Morgan fingerprint density at radius 2 is 0.986 bits per heavy atom. The van der Waals surface area contributed by atoms with E-state index in [2.05, 4.69) is 49.5 Å². The first-order valence-corrected chi connectivity index (χ1v) is 23.8. The van der Waals surface area contributed by atoms with E-state index < -0.39 is 12.1 Å². The van der Waals surface area contributed by atoms with E-state index in [9.17, 15) is 9.59 Å². The number of carbonyl (C=O) groups is 2. The summed E-state index contributed by atoms with van der Waals surface area (Å²) < 4.78 is 16.0. The second-order valence-corrected chi connectivity index (χ2v) is 17.7. The van der Waals surface area contributed by atoms with Gasteiger partial charge in [-0.1, -0.05) is 97.7 Å². The highest BCUT2D eigenvalue weighted by Gasteiger charge is 2.33. The van der Waals surface area contributed by atoms with E-state index in [1.807, 2.05) is 126 Å². The molecule has 0 saturated carbocycles. The smallest absolute Gasteiger partial charge is 0.252 e. The minimum absolute atomic E-state index is 0.0557. The fourth-order valence-electron chi connectivity index (χ4n) is 8.54. The van der Waals surface area contributed by atoms with Gasteiger partial charge in [0.05, 0.1) is 50.7 Å². The maximum Gasteiger partial charge on any atom is 0.252 e. The number of aliphatic imine (C=N–C) groups is 2. The van der Waals surface area contributed by atoms with Crippen molar-refractivity contribution in [3.05, 3.63) is 218 Å². The third-order valence-corrected chi connectivity index (χ3v) is 12.8. The van der Waals surface area contributed by atoms with Crippen LogP contribution in [0.15, 0.2) is 168 Å². The highest BCUT2D eigenvalue weighted by atomic mass is 35.5. The summed E-state index contributed by atoms with van der Waals surface area (Å²) in [5, 5.41) is 4.21. The molecular formula is C58H54Cl2N4O5. The SMILES string of the molecule is CCc1cccc(CC2N=C(c3ccc(OC)cc3)c3cc(Cl)ccc3N(Cc3ccc(OC)cc3)C2=O)c1.CCc1cccc(CC2N=C(c3ccc(OC)cc3)c3cc(Cl)ccc3NC2=O)c1. The Morgan fingerprint density at radius 1 is 0.522 bits per heavy atom. The van der Waals surface area contributed by atoms with Gasteiger partial charge in [-0.25, -0.2) is 0 Å². The van der Waals surface area contributed by atoms with Gasteiger partial charge in [-0.05, 0) is 138 Å². The Balaban J connectivity index is 0.000000192. The molecule has 9 nitrogen and oxygen atoms in total. The maximum atomic E-state index is 14.3. The van der Waals surface area contributed by atoms with Crippen LogP contribution >= 0.6 is 23.2 Å². The van der Waals surface area contributed by atoms with Crippen molar-refractivity contribution in [2.45, 2.75) is 58.2 Å². The summed E-state index contributed by atoms with van der Waals surface area (Å²) in [5.74, 6) is 2.11. The molecule has 2 heterocycles. The topological polar surface area (TPSA) is 102 Å². The molecule has 7 aromatic rings. The Bertz CT molecular complexity index is 3010. The molecule has 9 rings (SSSR count). The van der Waals surface area contributed by atoms with Crippen LogP contribution in [0, 0.1) is 0 Å². The van der Waals surface area contributed by atoms with Gasteiger partial charge in [0.2, 0.25) is 5.91 Å². The number of nitrogens with zero attached hydrogens (tertiary/aromatic N) is 3. The van der Waals surface area contributed by atoms with E-state index >= 15 is 0 Å². The minimum atomic E-state index is -0.612. The summed E-state index contributed by atoms with van der Waals surface area (Å²) >= 11 is 12.8. The first-order valence-electron chi connectivity index (χ1n) is 23.0. The number of aryl methyl sites for hydroxylation is 2. The van der Waals surface area contributed by atoms with Crippen LogP contribution in [0.5, 0.6) is 17.2 Å². The number of benzodiazepines with no additional fused rings is 2. The number of nitrogens with one attached hydrogen (secondary N) is 1. The van der Waals surface area contributed by atoms with Crippen LogP contribution in [-0.4, -0.2) is 56.7 Å². The number of hydrogen-bond donors (Lipinski definition) is 1. The summed E-state index contributed by atoms with van der Waals surface area (Å²) in [6.45, 7) is 4.65. The lowest BCUT2D eigenvalue weighted by Crippen LogP contribution is -2.38. The largest absolute Gasteiger partial charge is 0.497 e. The highest BCUT2D eigenvalue weighted by Crippen LogP contribution is 2.34. The van der Waals surface area contributed by atoms with Crippen molar-refractivity contribution in [2.24, 2.45) is 9.98 Å². The minimum Gasteiger partial charge on any atom is -0.497 e. The van der Waals surface area contributed by atoms with Gasteiger partial charge in [-0.3, -0.25) is 19.6 Å². The molecule has 0 saturated heterocycles. The average Bonchev–Trinajstić information content (AvgIpc) is 3.58. The molecule has 0 spiro atoms. The van der Waals surface area contributed by atoms with Crippen LogP contribution in [0.25, 0.3) is 0 Å². The van der Waals surface area contributed by atoms with Crippen LogP contribution in [-0.2, 0) is 41.8 Å². The zero-order valence-electron chi connectivity index (χ0n) is 39.3. The number of halogens is 2. The van der Waals surface area contributed by atoms with Crippen molar-refractivity contribution in [3.8, 4) is 17.2 Å². The van der Waals surface area contributed by atoms with E-state index in [1.54, 1.807) is 27.4 Å². The predicted octanol–water partition coefficient (Wildman–Crippen LogP) is 12.2. The molecule has 2 atom stereocenters. The molecule has 69 heavy (non-hydrogen) atoms. The first kappa shape index (κ1) is 48.3. The van der Waals surface area contributed by atoms with E-state index in [1.165, 1.54) is 11.1 Å². The fraction of sp³-hybridized carbons (Fsp3) is 0.207. The first-order chi connectivity index (χ1) is 33.5. The second-order valence-electron chi connectivity index (χ2n) is 16.8. The van der Waals surface area contributed by atoms with Gasteiger partial charge in [0.25, 0.3) is 5.91 Å². The molecule has 350 valence electrons. The zero-order chi connectivity index (χ0) is 48.4. The van der Waals surface area contributed by atoms with E-state index in [0.29, 0.717) is 35.1 Å². The van der Waals surface area contributed by atoms with Crippen molar-refractivity contribution in [1.29, 1.82) is 0 Å².